The number of rotatable bonds is 3. The fraction of sp³-hybridized carbons (Fsp3) is 0.333. The molecule has 1 aliphatic rings. The summed E-state index contributed by atoms with van der Waals surface area (Å²) in [6.07, 6.45) is -0.0724. The molecule has 7 heteroatoms. The van der Waals surface area contributed by atoms with Gasteiger partial charge in [-0.1, -0.05) is 6.07 Å². The molecular formula is C12H12N2O5. The second kappa shape index (κ2) is 4.68. The Kier molecular flexibility index (Phi) is 3.20. The predicted octanol–water partition coefficient (Wildman–Crippen LogP) is 1.34. The molecule has 0 aliphatic carbocycles. The minimum absolute atomic E-state index is 0.0500. The number of hydrogen-bond acceptors (Lipinski definition) is 4. The summed E-state index contributed by atoms with van der Waals surface area (Å²) in [5.74, 6) is -2.11. The van der Waals surface area contributed by atoms with E-state index in [-0.39, 0.29) is 24.6 Å². The zero-order valence-electron chi connectivity index (χ0n) is 10.2. The van der Waals surface area contributed by atoms with E-state index in [9.17, 15) is 19.7 Å². The molecule has 1 aromatic rings. The van der Waals surface area contributed by atoms with Gasteiger partial charge in [0.25, 0.3) is 5.69 Å². The van der Waals surface area contributed by atoms with E-state index in [0.29, 0.717) is 11.3 Å². The van der Waals surface area contributed by atoms with Crippen LogP contribution in [0.25, 0.3) is 0 Å². The molecule has 0 aromatic heterocycles. The first-order valence-electron chi connectivity index (χ1n) is 5.68. The van der Waals surface area contributed by atoms with Gasteiger partial charge in [0.15, 0.2) is 0 Å². The van der Waals surface area contributed by atoms with Gasteiger partial charge in [-0.2, -0.15) is 0 Å². The number of amides is 1. The summed E-state index contributed by atoms with van der Waals surface area (Å²) >= 11 is 0. The molecule has 7 nitrogen and oxygen atoms in total. The lowest BCUT2D eigenvalue weighted by Crippen LogP contribution is -2.25. The van der Waals surface area contributed by atoms with Crippen molar-refractivity contribution in [2.24, 2.45) is 5.92 Å². The second-order valence-corrected chi connectivity index (χ2v) is 4.47. The lowest BCUT2D eigenvalue weighted by molar-refractivity contribution is -0.385. The normalized spacial score (nSPS) is 18.7. The molecule has 1 atom stereocenters. The van der Waals surface area contributed by atoms with E-state index < -0.39 is 16.8 Å². The third kappa shape index (κ3) is 2.40. The summed E-state index contributed by atoms with van der Waals surface area (Å²) in [4.78, 5) is 34.2. The largest absolute Gasteiger partial charge is 0.481 e. The standard InChI is InChI=1S/C12H12N2O5/c1-7-2-3-9(5-10(7)14(18)19)13-6-8(12(16)17)4-11(13)15/h2-3,5,8H,4,6H2,1H3,(H,16,17). The van der Waals surface area contributed by atoms with Crippen LogP contribution in [-0.4, -0.2) is 28.5 Å². The number of nitro groups is 1. The van der Waals surface area contributed by atoms with Gasteiger partial charge in [0, 0.05) is 24.6 Å². The molecule has 1 aliphatic heterocycles. The molecule has 1 saturated heterocycles. The Bertz CT molecular complexity index is 569. The molecule has 0 spiro atoms. The number of carboxylic acids is 1. The van der Waals surface area contributed by atoms with Crippen LogP contribution in [0.5, 0.6) is 0 Å². The zero-order chi connectivity index (χ0) is 14.2. The molecular weight excluding hydrogens is 252 g/mol. The van der Waals surface area contributed by atoms with Gasteiger partial charge in [-0.3, -0.25) is 19.7 Å². The van der Waals surface area contributed by atoms with Gasteiger partial charge >= 0.3 is 5.97 Å². The van der Waals surface area contributed by atoms with Crippen molar-refractivity contribution in [1.29, 1.82) is 0 Å². The number of anilines is 1. The third-order valence-electron chi connectivity index (χ3n) is 3.18. The SMILES string of the molecule is Cc1ccc(N2CC(C(=O)O)CC2=O)cc1[N+](=O)[O-]. The van der Waals surface area contributed by atoms with Crippen LogP contribution < -0.4 is 4.90 Å². The number of carbonyl (C=O) groups excluding carboxylic acids is 1. The number of hydrogen-bond donors (Lipinski definition) is 1. The zero-order valence-corrected chi connectivity index (χ0v) is 10.2. The van der Waals surface area contributed by atoms with E-state index in [2.05, 4.69) is 0 Å². The first kappa shape index (κ1) is 13.0. The highest BCUT2D eigenvalue weighted by molar-refractivity contribution is 5.99. The van der Waals surface area contributed by atoms with Crippen molar-refractivity contribution in [2.75, 3.05) is 11.4 Å². The van der Waals surface area contributed by atoms with Crippen LogP contribution in [0.3, 0.4) is 0 Å². The first-order chi connectivity index (χ1) is 8.90. The number of carboxylic acid groups (broad SMARTS) is 1. The van der Waals surface area contributed by atoms with E-state index in [1.54, 1.807) is 19.1 Å². The number of nitrogens with zero attached hydrogens (tertiary/aromatic N) is 2. The highest BCUT2D eigenvalue weighted by atomic mass is 16.6. The quantitative estimate of drug-likeness (QED) is 0.655. The number of nitro benzene ring substituents is 1. The van der Waals surface area contributed by atoms with Crippen LogP contribution in [-0.2, 0) is 9.59 Å². The van der Waals surface area contributed by atoms with Gasteiger partial charge in [0.1, 0.15) is 0 Å². The van der Waals surface area contributed by atoms with Gasteiger partial charge in [-0.25, -0.2) is 0 Å². The Morgan fingerprint density at radius 2 is 2.21 bits per heavy atom. The maximum absolute atomic E-state index is 11.7. The molecule has 1 heterocycles. The van der Waals surface area contributed by atoms with Crippen LogP contribution in [0, 0.1) is 23.0 Å². The number of benzene rings is 1. The van der Waals surface area contributed by atoms with Gasteiger partial charge < -0.3 is 10.0 Å². The Morgan fingerprint density at radius 1 is 1.53 bits per heavy atom. The Hall–Kier alpha value is -2.44. The van der Waals surface area contributed by atoms with E-state index in [1.807, 2.05) is 0 Å². The molecule has 1 unspecified atom stereocenters. The molecule has 0 saturated carbocycles. The molecule has 1 aromatic carbocycles. The fourth-order valence-electron chi connectivity index (χ4n) is 2.08. The smallest absolute Gasteiger partial charge is 0.308 e. The maximum Gasteiger partial charge on any atom is 0.308 e. The van der Waals surface area contributed by atoms with Crippen molar-refractivity contribution in [3.8, 4) is 0 Å². The average molecular weight is 264 g/mol. The summed E-state index contributed by atoms with van der Waals surface area (Å²) in [6, 6.07) is 4.44. The lowest BCUT2D eigenvalue weighted by Gasteiger charge is -2.16. The molecule has 19 heavy (non-hydrogen) atoms. The molecule has 2 rings (SSSR count). The van der Waals surface area contributed by atoms with Gasteiger partial charge in [0.05, 0.1) is 16.5 Å². The van der Waals surface area contributed by atoms with Crippen molar-refractivity contribution >= 4 is 23.3 Å². The van der Waals surface area contributed by atoms with Crippen molar-refractivity contribution in [2.45, 2.75) is 13.3 Å². The molecule has 0 radical (unpaired) electrons. The monoisotopic (exact) mass is 264 g/mol. The average Bonchev–Trinajstić information content (AvgIpc) is 2.72. The topological polar surface area (TPSA) is 101 Å². The fourth-order valence-corrected chi connectivity index (χ4v) is 2.08. The predicted molar refractivity (Wildman–Crippen MR) is 65.9 cm³/mol. The number of carbonyl (C=O) groups is 2. The molecule has 0 bridgehead atoms. The first-order valence-corrected chi connectivity index (χ1v) is 5.68. The van der Waals surface area contributed by atoms with Crippen LogP contribution in [0.2, 0.25) is 0 Å². The van der Waals surface area contributed by atoms with Gasteiger partial charge in [0.2, 0.25) is 5.91 Å². The summed E-state index contributed by atoms with van der Waals surface area (Å²) in [5, 5.41) is 19.7. The van der Waals surface area contributed by atoms with Crippen LogP contribution >= 0.6 is 0 Å². The summed E-state index contributed by atoms with van der Waals surface area (Å²) in [5.41, 5.74) is 0.783. The summed E-state index contributed by atoms with van der Waals surface area (Å²) in [7, 11) is 0. The van der Waals surface area contributed by atoms with Gasteiger partial charge in [-0.05, 0) is 13.0 Å². The Balaban J connectivity index is 2.33. The second-order valence-electron chi connectivity index (χ2n) is 4.47. The van der Waals surface area contributed by atoms with E-state index in [4.69, 9.17) is 5.11 Å². The maximum atomic E-state index is 11.7. The summed E-state index contributed by atoms with van der Waals surface area (Å²) < 4.78 is 0. The minimum atomic E-state index is -1.03. The minimum Gasteiger partial charge on any atom is -0.481 e. The lowest BCUT2D eigenvalue weighted by atomic mass is 10.1. The Labute approximate surface area is 108 Å². The van der Waals surface area contributed by atoms with Crippen LogP contribution in [0.4, 0.5) is 11.4 Å². The van der Waals surface area contributed by atoms with Crippen molar-refractivity contribution in [3.63, 3.8) is 0 Å². The van der Waals surface area contributed by atoms with Gasteiger partial charge in [-0.15, -0.1) is 0 Å². The van der Waals surface area contributed by atoms with Crippen LogP contribution in [0.15, 0.2) is 18.2 Å². The molecule has 1 N–H and O–H groups in total. The number of aryl methyl sites for hydroxylation is 1. The van der Waals surface area contributed by atoms with E-state index in [1.165, 1.54) is 11.0 Å². The third-order valence-corrected chi connectivity index (χ3v) is 3.18. The molecule has 100 valence electrons. The number of aliphatic carboxylic acids is 1. The van der Waals surface area contributed by atoms with E-state index >= 15 is 0 Å². The van der Waals surface area contributed by atoms with Crippen molar-refractivity contribution in [3.05, 3.63) is 33.9 Å². The van der Waals surface area contributed by atoms with Crippen LogP contribution in [0.1, 0.15) is 12.0 Å². The highest BCUT2D eigenvalue weighted by Gasteiger charge is 2.35. The molecule has 1 amide bonds. The molecule has 1 fully saturated rings. The Morgan fingerprint density at radius 3 is 2.74 bits per heavy atom. The van der Waals surface area contributed by atoms with Crippen molar-refractivity contribution < 1.29 is 19.6 Å². The van der Waals surface area contributed by atoms with E-state index in [0.717, 1.165) is 0 Å². The summed E-state index contributed by atoms with van der Waals surface area (Å²) in [6.45, 7) is 1.65. The highest BCUT2D eigenvalue weighted by Crippen LogP contribution is 2.29. The van der Waals surface area contributed by atoms with Crippen molar-refractivity contribution in [1.82, 2.24) is 0 Å².